The van der Waals surface area contributed by atoms with Gasteiger partial charge in [-0.15, -0.1) is 0 Å². The molecule has 0 saturated carbocycles. The van der Waals surface area contributed by atoms with Crippen molar-refractivity contribution >= 4 is 52.6 Å². The van der Waals surface area contributed by atoms with Crippen molar-refractivity contribution in [3.63, 3.8) is 0 Å². The summed E-state index contributed by atoms with van der Waals surface area (Å²) < 4.78 is 76.6. The van der Waals surface area contributed by atoms with Crippen molar-refractivity contribution < 1.29 is 66.8 Å². The molecule has 4 aromatic rings. The van der Waals surface area contributed by atoms with Gasteiger partial charge in [-0.1, -0.05) is 70.7 Å². The number of rotatable bonds is 10. The number of aliphatic hydroxyl groups excluding tert-OH is 5. The summed E-state index contributed by atoms with van der Waals surface area (Å²) in [6.07, 6.45) is -12.7. The summed E-state index contributed by atoms with van der Waals surface area (Å²) >= 11 is 24.1. The number of benzene rings is 2. The number of carbonyl (C=O) groups excluding carboxylic acids is 1. The molecule has 0 aliphatic carbocycles. The molecule has 5 N–H and O–H groups in total. The predicted molar refractivity (Wildman–Crippen MR) is 206 cm³/mol. The molecule has 2 aliphatic rings. The molecule has 320 valence electrons. The molecule has 8 unspecified atom stereocenters. The number of ether oxygens (including phenoxy) is 4. The Labute approximate surface area is 355 Å². The third-order valence-corrected chi connectivity index (χ3v) is 10.6. The molecule has 0 bridgehead atoms. The summed E-state index contributed by atoms with van der Waals surface area (Å²) in [6.45, 7) is -0.342. The zero-order chi connectivity index (χ0) is 43.2. The van der Waals surface area contributed by atoms with E-state index in [1.807, 2.05) is 0 Å². The van der Waals surface area contributed by atoms with Gasteiger partial charge in [-0.25, -0.2) is 22.4 Å². The van der Waals surface area contributed by atoms with E-state index in [0.29, 0.717) is 66.6 Å². The fraction of sp³-hybridized carbons (Fsp3) is 0.410. The van der Waals surface area contributed by atoms with E-state index in [0.717, 1.165) is 0 Å². The minimum atomic E-state index is -3.87. The number of halogens is 8. The summed E-state index contributed by atoms with van der Waals surface area (Å²) in [7, 11) is 0. The highest BCUT2D eigenvalue weighted by atomic mass is 35.5. The van der Waals surface area contributed by atoms with Gasteiger partial charge in [0.25, 0.3) is 0 Å². The van der Waals surface area contributed by atoms with E-state index in [1.54, 1.807) is 42.5 Å². The molecular formula is C39H38Cl4F4N2O10. The Morgan fingerprint density at radius 2 is 1.14 bits per heavy atom. The van der Waals surface area contributed by atoms with Crippen LogP contribution in [0.4, 0.5) is 22.4 Å². The van der Waals surface area contributed by atoms with E-state index in [9.17, 15) is 47.9 Å². The SMILES string of the molecule is CCOC(=O)OCC1OC(c2ccc(Cl)c(Cc3ccc(Cl)cn3)c2)C(O)C(O)C1(F)F.OCC1OC(c2ccc(Cl)c(Cc3ccc(Cl)cn3)c2)C(O)C(O)C1(F)F. The number of nitrogens with zero attached hydrogens (tertiary/aromatic N) is 2. The predicted octanol–water partition coefficient (Wildman–Crippen LogP) is 6.72. The molecule has 0 radical (unpaired) electrons. The van der Waals surface area contributed by atoms with Crippen LogP contribution in [-0.2, 0) is 31.8 Å². The van der Waals surface area contributed by atoms with E-state index < -0.39 is 80.0 Å². The molecule has 59 heavy (non-hydrogen) atoms. The first-order valence-corrected chi connectivity index (χ1v) is 19.3. The molecule has 12 nitrogen and oxygen atoms in total. The van der Waals surface area contributed by atoms with Crippen LogP contribution >= 0.6 is 46.4 Å². The van der Waals surface area contributed by atoms with E-state index in [1.165, 1.54) is 37.5 Å². The minimum absolute atomic E-state index is 0.000736. The van der Waals surface area contributed by atoms with Crippen LogP contribution in [0.2, 0.25) is 20.1 Å². The second kappa shape index (κ2) is 20.0. The maximum Gasteiger partial charge on any atom is 0.508 e. The second-order valence-corrected chi connectivity index (χ2v) is 15.2. The van der Waals surface area contributed by atoms with Gasteiger partial charge >= 0.3 is 18.0 Å². The van der Waals surface area contributed by atoms with Gasteiger partial charge in [0.05, 0.1) is 23.3 Å². The lowest BCUT2D eigenvalue weighted by Gasteiger charge is -2.42. The third-order valence-electron chi connectivity index (χ3n) is 9.43. The largest absolute Gasteiger partial charge is 0.508 e. The van der Waals surface area contributed by atoms with Gasteiger partial charge in [-0.2, -0.15) is 0 Å². The molecule has 6 rings (SSSR count). The number of aliphatic hydroxyl groups is 5. The Balaban J connectivity index is 0.000000227. The monoisotopic (exact) mass is 910 g/mol. The van der Waals surface area contributed by atoms with Gasteiger partial charge in [0.15, 0.2) is 6.10 Å². The molecule has 2 fully saturated rings. The number of alkyl halides is 4. The van der Waals surface area contributed by atoms with Gasteiger partial charge < -0.3 is 44.5 Å². The number of carbonyl (C=O) groups is 1. The average molecular weight is 913 g/mol. The molecular weight excluding hydrogens is 874 g/mol. The Morgan fingerprint density at radius 1 is 0.695 bits per heavy atom. The Morgan fingerprint density at radius 3 is 1.54 bits per heavy atom. The fourth-order valence-corrected chi connectivity index (χ4v) is 6.85. The Kier molecular flexibility index (Phi) is 15.8. The number of hydrogen-bond acceptors (Lipinski definition) is 12. The highest BCUT2D eigenvalue weighted by Gasteiger charge is 2.59. The van der Waals surface area contributed by atoms with Crippen LogP contribution in [0.25, 0.3) is 0 Å². The normalized spacial score (nSPS) is 26.0. The van der Waals surface area contributed by atoms with E-state index in [4.69, 9.17) is 55.9 Å². The zero-order valence-corrected chi connectivity index (χ0v) is 33.8. The first-order chi connectivity index (χ1) is 27.9. The maximum absolute atomic E-state index is 14.5. The second-order valence-electron chi connectivity index (χ2n) is 13.5. The molecule has 2 aliphatic heterocycles. The lowest BCUT2D eigenvalue weighted by molar-refractivity contribution is -0.296. The molecule has 20 heteroatoms. The Bertz CT molecular complexity index is 2040. The summed E-state index contributed by atoms with van der Waals surface area (Å²) in [5.74, 6) is -7.64. The summed E-state index contributed by atoms with van der Waals surface area (Å²) in [5, 5.41) is 51.3. The van der Waals surface area contributed by atoms with Crippen LogP contribution in [0.15, 0.2) is 73.1 Å². The number of pyridine rings is 2. The topological polar surface area (TPSA) is 181 Å². The van der Waals surface area contributed by atoms with Crippen molar-refractivity contribution in [2.75, 3.05) is 19.8 Å². The summed E-state index contributed by atoms with van der Waals surface area (Å²) in [4.78, 5) is 19.8. The van der Waals surface area contributed by atoms with Gasteiger partial charge in [0.2, 0.25) is 0 Å². The molecule has 2 aromatic carbocycles. The first-order valence-electron chi connectivity index (χ1n) is 17.8. The van der Waals surface area contributed by atoms with Crippen LogP contribution in [0.3, 0.4) is 0 Å². The third kappa shape index (κ3) is 11.1. The van der Waals surface area contributed by atoms with Crippen molar-refractivity contribution in [3.05, 3.63) is 127 Å². The average Bonchev–Trinajstić information content (AvgIpc) is 3.20. The minimum Gasteiger partial charge on any atom is -0.435 e. The quantitative estimate of drug-likeness (QED) is 0.0839. The highest BCUT2D eigenvalue weighted by Crippen LogP contribution is 2.43. The van der Waals surface area contributed by atoms with Crippen LogP contribution in [0, 0.1) is 0 Å². The van der Waals surface area contributed by atoms with Crippen molar-refractivity contribution in [1.82, 2.24) is 9.97 Å². The van der Waals surface area contributed by atoms with Crippen molar-refractivity contribution in [2.45, 2.75) is 80.4 Å². The van der Waals surface area contributed by atoms with Crippen molar-refractivity contribution in [1.29, 1.82) is 0 Å². The van der Waals surface area contributed by atoms with Gasteiger partial charge in [-0.05, 0) is 65.6 Å². The lowest BCUT2D eigenvalue weighted by atomic mass is 9.89. The van der Waals surface area contributed by atoms with Gasteiger partial charge in [0, 0.05) is 46.7 Å². The van der Waals surface area contributed by atoms with E-state index in [-0.39, 0.29) is 6.61 Å². The van der Waals surface area contributed by atoms with Gasteiger partial charge in [-0.3, -0.25) is 9.97 Å². The molecule has 4 heterocycles. The highest BCUT2D eigenvalue weighted by molar-refractivity contribution is 6.32. The molecule has 8 atom stereocenters. The van der Waals surface area contributed by atoms with Crippen LogP contribution in [-0.4, -0.2) is 110 Å². The van der Waals surface area contributed by atoms with Crippen LogP contribution in [0.1, 0.15) is 52.8 Å². The van der Waals surface area contributed by atoms with Crippen LogP contribution in [0.5, 0.6) is 0 Å². The Hall–Kier alpha value is -3.39. The standard InChI is InChI=1S/C21H21Cl2F2NO6.C18H17Cl2F2NO4/c1-2-30-20(29)31-10-16-21(24,25)19(28)17(27)18(32-16)11-3-6-15(23)12(7-11)8-14-5-4-13(22)9-26-14;19-11-2-3-12(23-7-11)6-10-5-9(1-4-13(10)20)16-15(25)17(26)18(21,22)14(8-24)27-16/h3-7,9,16-19,27-28H,2,8,10H2,1H3;1-5,7,14-17,24-26H,6,8H2. The number of hydrogen-bond donors (Lipinski definition) is 5. The van der Waals surface area contributed by atoms with Crippen molar-refractivity contribution in [3.8, 4) is 0 Å². The zero-order valence-electron chi connectivity index (χ0n) is 30.8. The lowest BCUT2D eigenvalue weighted by Crippen LogP contribution is -2.60. The molecule has 0 spiro atoms. The fourth-order valence-electron chi connectivity index (χ4n) is 6.26. The van der Waals surface area contributed by atoms with Gasteiger partial charge in [0.1, 0.15) is 49.3 Å². The maximum atomic E-state index is 14.5. The molecule has 2 saturated heterocycles. The molecule has 2 aromatic heterocycles. The summed E-state index contributed by atoms with van der Waals surface area (Å²) in [6, 6.07) is 16.0. The smallest absolute Gasteiger partial charge is 0.435 e. The summed E-state index contributed by atoms with van der Waals surface area (Å²) in [5.41, 5.74) is 3.23. The number of aromatic nitrogens is 2. The molecule has 0 amide bonds. The van der Waals surface area contributed by atoms with E-state index >= 15 is 0 Å². The van der Waals surface area contributed by atoms with Crippen molar-refractivity contribution in [2.24, 2.45) is 0 Å². The van der Waals surface area contributed by atoms with Crippen LogP contribution < -0.4 is 0 Å². The van der Waals surface area contributed by atoms with E-state index in [2.05, 4.69) is 19.4 Å². The first kappa shape index (κ1) is 46.7.